The molecule has 1 rings (SSSR count). The highest BCUT2D eigenvalue weighted by Gasteiger charge is 2.18. The lowest BCUT2D eigenvalue weighted by molar-refractivity contribution is 0.608. The first-order chi connectivity index (χ1) is 6.91. The van der Waals surface area contributed by atoms with E-state index < -0.39 is 9.05 Å². The molecule has 0 N–H and O–H groups in total. The van der Waals surface area contributed by atoms with Gasteiger partial charge in [-0.25, -0.2) is 8.42 Å². The predicted molar refractivity (Wildman–Crippen MR) is 66.3 cm³/mol. The van der Waals surface area contributed by atoms with Gasteiger partial charge in [-0.05, 0) is 46.7 Å². The summed E-state index contributed by atoms with van der Waals surface area (Å²) in [6.45, 7) is 1.82. The van der Waals surface area contributed by atoms with Gasteiger partial charge >= 0.3 is 0 Å². The fraction of sp³-hybridized carbons (Fsp3) is 0.222. The Bertz CT molecular complexity index is 534. The van der Waals surface area contributed by atoms with Gasteiger partial charge in [0.2, 0.25) is 0 Å². The van der Waals surface area contributed by atoms with Gasteiger partial charge in [-0.1, -0.05) is 6.92 Å². The van der Waals surface area contributed by atoms with Gasteiger partial charge in [0.15, 0.2) is 0 Å². The third-order valence-corrected chi connectivity index (χ3v) is 4.58. The van der Waals surface area contributed by atoms with Crippen LogP contribution in [-0.2, 0) is 15.5 Å². The molecule has 0 heterocycles. The molecular weight excluding hydrogens is 349 g/mol. The van der Waals surface area contributed by atoms with Crippen LogP contribution in [0.15, 0.2) is 17.0 Å². The molecule has 0 atom stereocenters. The van der Waals surface area contributed by atoms with E-state index in [1.807, 2.05) is 35.6 Å². The molecule has 0 fully saturated rings. The molecule has 0 aromatic heterocycles. The van der Waals surface area contributed by atoms with Crippen LogP contribution in [-0.4, -0.2) is 8.42 Å². The van der Waals surface area contributed by atoms with E-state index >= 15 is 0 Å². The number of hydrogen-bond acceptors (Lipinski definition) is 3. The lowest BCUT2D eigenvalue weighted by Crippen LogP contribution is -2.01. The lowest BCUT2D eigenvalue weighted by Gasteiger charge is -2.08. The number of halogens is 2. The normalized spacial score (nSPS) is 11.1. The summed E-state index contributed by atoms with van der Waals surface area (Å²) in [5.41, 5.74) is 1.07. The van der Waals surface area contributed by atoms with Crippen molar-refractivity contribution in [3.8, 4) is 6.07 Å². The van der Waals surface area contributed by atoms with E-state index in [4.69, 9.17) is 15.9 Å². The summed E-state index contributed by atoms with van der Waals surface area (Å²) in [5.74, 6) is 0. The molecule has 0 saturated heterocycles. The summed E-state index contributed by atoms with van der Waals surface area (Å²) in [7, 11) is 1.56. The van der Waals surface area contributed by atoms with Gasteiger partial charge in [-0.15, -0.1) is 0 Å². The Balaban J connectivity index is 3.61. The zero-order chi connectivity index (χ0) is 11.6. The molecule has 0 aliphatic carbocycles. The monoisotopic (exact) mass is 355 g/mol. The third kappa shape index (κ3) is 2.62. The Kier molecular flexibility index (Phi) is 3.98. The molecule has 0 unspecified atom stereocenters. The standard InChI is InChI=1S/C9H7ClINO2S/c1-2-7-8(15(10,13)14)4-3-6(5-12)9(7)11/h3-4H,2H2,1H3. The van der Waals surface area contributed by atoms with Crippen molar-refractivity contribution in [3.63, 3.8) is 0 Å². The Hall–Kier alpha value is -0.320. The topological polar surface area (TPSA) is 57.9 Å². The fourth-order valence-corrected chi connectivity index (χ4v) is 3.61. The molecule has 80 valence electrons. The van der Waals surface area contributed by atoms with Crippen LogP contribution in [0.2, 0.25) is 0 Å². The minimum Gasteiger partial charge on any atom is -0.207 e. The van der Waals surface area contributed by atoms with E-state index in [-0.39, 0.29) is 4.90 Å². The zero-order valence-electron chi connectivity index (χ0n) is 7.79. The average molecular weight is 356 g/mol. The van der Waals surface area contributed by atoms with Gasteiger partial charge in [0, 0.05) is 14.3 Å². The van der Waals surface area contributed by atoms with Crippen molar-refractivity contribution in [3.05, 3.63) is 26.8 Å². The number of hydrogen-bond donors (Lipinski definition) is 0. The largest absolute Gasteiger partial charge is 0.261 e. The molecule has 6 heteroatoms. The van der Waals surface area contributed by atoms with Gasteiger partial charge < -0.3 is 0 Å². The van der Waals surface area contributed by atoms with E-state index in [0.717, 1.165) is 0 Å². The fourth-order valence-electron chi connectivity index (χ4n) is 1.25. The van der Waals surface area contributed by atoms with Crippen molar-refractivity contribution in [2.45, 2.75) is 18.2 Å². The van der Waals surface area contributed by atoms with Crippen LogP contribution < -0.4 is 0 Å². The third-order valence-electron chi connectivity index (χ3n) is 1.94. The van der Waals surface area contributed by atoms with Crippen LogP contribution in [0.1, 0.15) is 18.1 Å². The average Bonchev–Trinajstić information content (AvgIpc) is 2.15. The van der Waals surface area contributed by atoms with Crippen LogP contribution in [0.25, 0.3) is 0 Å². The summed E-state index contributed by atoms with van der Waals surface area (Å²) in [6, 6.07) is 4.85. The summed E-state index contributed by atoms with van der Waals surface area (Å²) in [4.78, 5) is 0.0927. The van der Waals surface area contributed by atoms with Gasteiger partial charge in [0.1, 0.15) is 6.07 Å². The number of nitriles is 1. The number of benzene rings is 1. The summed E-state index contributed by atoms with van der Waals surface area (Å²) >= 11 is 1.96. The molecular formula is C9H7ClINO2S. The zero-order valence-corrected chi connectivity index (χ0v) is 11.5. The molecule has 0 amide bonds. The lowest BCUT2D eigenvalue weighted by atomic mass is 10.1. The quantitative estimate of drug-likeness (QED) is 0.605. The van der Waals surface area contributed by atoms with Gasteiger partial charge in [-0.2, -0.15) is 5.26 Å². The Morgan fingerprint density at radius 2 is 2.13 bits per heavy atom. The maximum Gasteiger partial charge on any atom is 0.261 e. The SMILES string of the molecule is CCc1c(S(=O)(=O)Cl)ccc(C#N)c1I. The van der Waals surface area contributed by atoms with Crippen LogP contribution in [0, 0.1) is 14.9 Å². The maximum atomic E-state index is 11.2. The molecule has 0 radical (unpaired) electrons. The number of nitrogens with zero attached hydrogens (tertiary/aromatic N) is 1. The van der Waals surface area contributed by atoms with E-state index in [9.17, 15) is 8.42 Å². The number of rotatable bonds is 2. The molecule has 0 aliphatic heterocycles. The first kappa shape index (κ1) is 12.7. The Morgan fingerprint density at radius 1 is 1.53 bits per heavy atom. The first-order valence-corrected chi connectivity index (χ1v) is 7.46. The van der Waals surface area contributed by atoms with Crippen LogP contribution in [0.5, 0.6) is 0 Å². The molecule has 0 bridgehead atoms. The highest BCUT2D eigenvalue weighted by Crippen LogP contribution is 2.27. The predicted octanol–water partition coefficient (Wildman–Crippen LogP) is 2.65. The van der Waals surface area contributed by atoms with Crippen molar-refractivity contribution in [2.24, 2.45) is 0 Å². The summed E-state index contributed by atoms with van der Waals surface area (Å²) in [5, 5.41) is 8.79. The Morgan fingerprint density at radius 3 is 2.53 bits per heavy atom. The van der Waals surface area contributed by atoms with E-state index in [1.54, 1.807) is 0 Å². The van der Waals surface area contributed by atoms with E-state index in [0.29, 0.717) is 21.1 Å². The molecule has 15 heavy (non-hydrogen) atoms. The van der Waals surface area contributed by atoms with Gasteiger partial charge in [-0.3, -0.25) is 0 Å². The van der Waals surface area contributed by atoms with Crippen LogP contribution in [0.3, 0.4) is 0 Å². The second kappa shape index (κ2) is 4.68. The summed E-state index contributed by atoms with van der Waals surface area (Å²) < 4.78 is 23.1. The van der Waals surface area contributed by atoms with Crippen molar-refractivity contribution in [1.29, 1.82) is 5.26 Å². The second-order valence-corrected chi connectivity index (χ2v) is 6.42. The minimum atomic E-state index is -3.74. The van der Waals surface area contributed by atoms with Crippen molar-refractivity contribution in [2.75, 3.05) is 0 Å². The first-order valence-electron chi connectivity index (χ1n) is 4.08. The molecule has 0 spiro atoms. The van der Waals surface area contributed by atoms with Crippen molar-refractivity contribution in [1.82, 2.24) is 0 Å². The highest BCUT2D eigenvalue weighted by molar-refractivity contribution is 14.1. The molecule has 1 aromatic carbocycles. The van der Waals surface area contributed by atoms with Gasteiger partial charge in [0.05, 0.1) is 10.5 Å². The van der Waals surface area contributed by atoms with E-state index in [1.165, 1.54) is 12.1 Å². The minimum absolute atomic E-state index is 0.0927. The molecule has 3 nitrogen and oxygen atoms in total. The Labute approximate surface area is 107 Å². The smallest absolute Gasteiger partial charge is 0.207 e. The second-order valence-electron chi connectivity index (χ2n) is 2.81. The highest BCUT2D eigenvalue weighted by atomic mass is 127. The molecule has 1 aromatic rings. The molecule has 0 aliphatic rings. The van der Waals surface area contributed by atoms with Crippen molar-refractivity contribution < 1.29 is 8.42 Å². The van der Waals surface area contributed by atoms with Crippen LogP contribution >= 0.6 is 33.3 Å². The van der Waals surface area contributed by atoms with Gasteiger partial charge in [0.25, 0.3) is 9.05 Å². The van der Waals surface area contributed by atoms with Crippen molar-refractivity contribution >= 4 is 42.3 Å². The summed E-state index contributed by atoms with van der Waals surface area (Å²) in [6.07, 6.45) is 0.523. The maximum absolute atomic E-state index is 11.2. The van der Waals surface area contributed by atoms with Crippen LogP contribution in [0.4, 0.5) is 0 Å². The van der Waals surface area contributed by atoms with E-state index in [2.05, 4.69) is 0 Å². The molecule has 0 saturated carbocycles.